The van der Waals surface area contributed by atoms with Gasteiger partial charge in [-0.3, -0.25) is 0 Å². The maximum absolute atomic E-state index is 2.49. The van der Waals surface area contributed by atoms with Gasteiger partial charge in [0.15, 0.2) is 0 Å². The fraction of sp³-hybridized carbons (Fsp3) is 1.00. The Morgan fingerprint density at radius 3 is 2.31 bits per heavy atom. The monoisotopic (exact) mass is 182 g/mol. The Balaban J connectivity index is 2.36. The summed E-state index contributed by atoms with van der Waals surface area (Å²) in [5.74, 6) is 2.89. The fourth-order valence-corrected chi connectivity index (χ4v) is 2.73. The van der Waals surface area contributed by atoms with Crippen molar-refractivity contribution >= 4 is 0 Å². The van der Waals surface area contributed by atoms with Gasteiger partial charge in [0.05, 0.1) is 0 Å². The van der Waals surface area contributed by atoms with E-state index in [2.05, 4.69) is 34.6 Å². The number of hydrogen-bond donors (Lipinski definition) is 0. The zero-order chi connectivity index (χ0) is 10.1. The summed E-state index contributed by atoms with van der Waals surface area (Å²) in [7, 11) is 0. The van der Waals surface area contributed by atoms with Crippen LogP contribution in [-0.4, -0.2) is 0 Å². The zero-order valence-electron chi connectivity index (χ0n) is 10.1. The summed E-state index contributed by atoms with van der Waals surface area (Å²) in [6.07, 6.45) is 5.66. The fourth-order valence-electron chi connectivity index (χ4n) is 2.73. The summed E-state index contributed by atoms with van der Waals surface area (Å²) in [5, 5.41) is 0. The average Bonchev–Trinajstić information content (AvgIpc) is 2.78. The van der Waals surface area contributed by atoms with E-state index in [0.29, 0.717) is 5.41 Å². The van der Waals surface area contributed by atoms with E-state index in [-0.39, 0.29) is 0 Å². The highest BCUT2D eigenvalue weighted by Gasteiger charge is 2.51. The number of hydrogen-bond acceptors (Lipinski definition) is 0. The summed E-state index contributed by atoms with van der Waals surface area (Å²) in [4.78, 5) is 0. The van der Waals surface area contributed by atoms with E-state index in [1.54, 1.807) is 0 Å². The van der Waals surface area contributed by atoms with Crippen LogP contribution in [0.1, 0.15) is 60.3 Å². The van der Waals surface area contributed by atoms with Crippen LogP contribution in [0.25, 0.3) is 0 Å². The largest absolute Gasteiger partial charge is 0.0651 e. The van der Waals surface area contributed by atoms with Crippen LogP contribution in [-0.2, 0) is 0 Å². The highest BCUT2D eigenvalue weighted by Crippen LogP contribution is 2.60. The first-order chi connectivity index (χ1) is 6.04. The van der Waals surface area contributed by atoms with Crippen molar-refractivity contribution in [3.63, 3.8) is 0 Å². The molecule has 1 aliphatic rings. The first-order valence-electron chi connectivity index (χ1n) is 6.04. The molecule has 0 heterocycles. The second-order valence-electron chi connectivity index (χ2n) is 5.47. The van der Waals surface area contributed by atoms with E-state index in [0.717, 1.165) is 17.8 Å². The van der Waals surface area contributed by atoms with E-state index in [1.165, 1.54) is 25.7 Å². The van der Waals surface area contributed by atoms with Crippen molar-refractivity contribution in [3.8, 4) is 0 Å². The molecule has 0 aromatic rings. The van der Waals surface area contributed by atoms with Gasteiger partial charge in [-0.15, -0.1) is 0 Å². The molecule has 78 valence electrons. The first-order valence-corrected chi connectivity index (χ1v) is 6.04. The maximum Gasteiger partial charge on any atom is -0.0269 e. The van der Waals surface area contributed by atoms with Crippen LogP contribution in [0.5, 0.6) is 0 Å². The molecule has 0 nitrogen and oxygen atoms in total. The third kappa shape index (κ3) is 2.27. The normalized spacial score (nSPS) is 37.2. The van der Waals surface area contributed by atoms with Crippen molar-refractivity contribution in [2.75, 3.05) is 0 Å². The molecule has 0 aromatic carbocycles. The van der Waals surface area contributed by atoms with Gasteiger partial charge in [0, 0.05) is 0 Å². The molecule has 13 heavy (non-hydrogen) atoms. The van der Waals surface area contributed by atoms with Crippen molar-refractivity contribution < 1.29 is 0 Å². The van der Waals surface area contributed by atoms with Crippen LogP contribution in [0.2, 0.25) is 0 Å². The molecular weight excluding hydrogens is 156 g/mol. The third-order valence-electron chi connectivity index (χ3n) is 4.53. The molecule has 0 N–H and O–H groups in total. The quantitative estimate of drug-likeness (QED) is 0.587. The molecule has 0 heteroatoms. The van der Waals surface area contributed by atoms with Crippen LogP contribution in [0.4, 0.5) is 0 Å². The molecule has 4 unspecified atom stereocenters. The van der Waals surface area contributed by atoms with Crippen LogP contribution < -0.4 is 0 Å². The SMILES string of the molecule is CCC(C)CC(C)C1(C)CC1CC. The summed E-state index contributed by atoms with van der Waals surface area (Å²) in [6, 6.07) is 0. The van der Waals surface area contributed by atoms with E-state index in [4.69, 9.17) is 0 Å². The van der Waals surface area contributed by atoms with Gasteiger partial charge in [0.1, 0.15) is 0 Å². The van der Waals surface area contributed by atoms with Crippen molar-refractivity contribution in [3.05, 3.63) is 0 Å². The number of rotatable bonds is 5. The van der Waals surface area contributed by atoms with Crippen molar-refractivity contribution in [1.82, 2.24) is 0 Å². The second-order valence-corrected chi connectivity index (χ2v) is 5.47. The molecule has 0 radical (unpaired) electrons. The van der Waals surface area contributed by atoms with Crippen LogP contribution in [0.3, 0.4) is 0 Å². The first kappa shape index (κ1) is 11.1. The lowest BCUT2D eigenvalue weighted by Crippen LogP contribution is -2.14. The zero-order valence-corrected chi connectivity index (χ0v) is 10.1. The molecule has 1 saturated carbocycles. The van der Waals surface area contributed by atoms with Crippen LogP contribution in [0.15, 0.2) is 0 Å². The Bertz CT molecular complexity index is 161. The minimum absolute atomic E-state index is 0.707. The predicted octanol–water partition coefficient (Wildman–Crippen LogP) is 4.49. The lowest BCUT2D eigenvalue weighted by Gasteiger charge is -2.23. The maximum atomic E-state index is 2.49. The van der Waals surface area contributed by atoms with Gasteiger partial charge in [-0.2, -0.15) is 0 Å². The van der Waals surface area contributed by atoms with Crippen LogP contribution in [0, 0.1) is 23.2 Å². The van der Waals surface area contributed by atoms with Gasteiger partial charge < -0.3 is 0 Å². The van der Waals surface area contributed by atoms with Gasteiger partial charge in [-0.05, 0) is 36.0 Å². The topological polar surface area (TPSA) is 0 Å². The molecule has 1 aliphatic carbocycles. The minimum atomic E-state index is 0.707. The molecule has 4 atom stereocenters. The lowest BCUT2D eigenvalue weighted by atomic mass is 9.82. The standard InChI is InChI=1S/C13H26/c1-6-10(3)8-11(4)13(5)9-12(13)7-2/h10-12H,6-9H2,1-5H3. The van der Waals surface area contributed by atoms with E-state index in [1.807, 2.05) is 0 Å². The lowest BCUT2D eigenvalue weighted by molar-refractivity contribution is 0.268. The molecular formula is C13H26. The van der Waals surface area contributed by atoms with E-state index < -0.39 is 0 Å². The van der Waals surface area contributed by atoms with E-state index in [9.17, 15) is 0 Å². The van der Waals surface area contributed by atoms with Gasteiger partial charge in [-0.1, -0.05) is 47.5 Å². The molecule has 0 saturated heterocycles. The highest BCUT2D eigenvalue weighted by atomic mass is 14.6. The van der Waals surface area contributed by atoms with Gasteiger partial charge in [0.2, 0.25) is 0 Å². The summed E-state index contributed by atoms with van der Waals surface area (Å²) in [5.41, 5.74) is 0.707. The van der Waals surface area contributed by atoms with Gasteiger partial charge >= 0.3 is 0 Å². The average molecular weight is 182 g/mol. The molecule has 0 amide bonds. The van der Waals surface area contributed by atoms with E-state index >= 15 is 0 Å². The summed E-state index contributed by atoms with van der Waals surface area (Å²) in [6.45, 7) is 12.0. The Hall–Kier alpha value is 0. The van der Waals surface area contributed by atoms with Crippen molar-refractivity contribution in [2.45, 2.75) is 60.3 Å². The van der Waals surface area contributed by atoms with Gasteiger partial charge in [0.25, 0.3) is 0 Å². The minimum Gasteiger partial charge on any atom is -0.0651 e. The predicted molar refractivity (Wildman–Crippen MR) is 59.7 cm³/mol. The Morgan fingerprint density at radius 2 is 1.92 bits per heavy atom. The molecule has 1 rings (SSSR count). The molecule has 0 spiro atoms. The van der Waals surface area contributed by atoms with Crippen molar-refractivity contribution in [2.24, 2.45) is 23.2 Å². The highest BCUT2D eigenvalue weighted by molar-refractivity contribution is 5.01. The Labute approximate surface area is 84.1 Å². The van der Waals surface area contributed by atoms with Crippen LogP contribution >= 0.6 is 0 Å². The summed E-state index contributed by atoms with van der Waals surface area (Å²) >= 11 is 0. The molecule has 0 aliphatic heterocycles. The smallest absolute Gasteiger partial charge is 0.0269 e. The molecule has 0 bridgehead atoms. The molecule has 0 aromatic heterocycles. The Kier molecular flexibility index (Phi) is 3.43. The third-order valence-corrected chi connectivity index (χ3v) is 4.53. The summed E-state index contributed by atoms with van der Waals surface area (Å²) < 4.78 is 0. The second kappa shape index (κ2) is 4.02. The molecule has 1 fully saturated rings. The van der Waals surface area contributed by atoms with Gasteiger partial charge in [-0.25, -0.2) is 0 Å². The van der Waals surface area contributed by atoms with Crippen molar-refractivity contribution in [1.29, 1.82) is 0 Å². The Morgan fingerprint density at radius 1 is 1.31 bits per heavy atom.